The summed E-state index contributed by atoms with van der Waals surface area (Å²) >= 11 is 0. The van der Waals surface area contributed by atoms with Crippen molar-refractivity contribution in [3.05, 3.63) is 24.3 Å². The Kier molecular flexibility index (Phi) is 52.4. The first kappa shape index (κ1) is 86.5. The molecular weight excluding hydrogens is 1200 g/mol. The van der Waals surface area contributed by atoms with Crippen LogP contribution in [0.5, 0.6) is 0 Å². The molecule has 3 rings (SSSR count). The molecule has 17 unspecified atom stereocenters. The van der Waals surface area contributed by atoms with Crippen LogP contribution in [0.2, 0.25) is 0 Å². The van der Waals surface area contributed by atoms with E-state index in [2.05, 4.69) is 31.3 Å². The molecule has 0 aromatic heterocycles. The van der Waals surface area contributed by atoms with Gasteiger partial charge in [0.25, 0.3) is 0 Å². The van der Waals surface area contributed by atoms with Gasteiger partial charge in [0.2, 0.25) is 5.91 Å². The number of allylic oxidation sites excluding steroid dienone is 3. The molecule has 1 amide bonds. The van der Waals surface area contributed by atoms with Crippen LogP contribution in [-0.2, 0) is 33.2 Å². The number of carbonyl (C=O) groups is 1. The second-order valence-electron chi connectivity index (χ2n) is 27.8. The Morgan fingerprint density at radius 2 is 0.681 bits per heavy atom. The molecule has 17 atom stereocenters. The molecule has 12 N–H and O–H groups in total. The molecule has 19 nitrogen and oxygen atoms in total. The van der Waals surface area contributed by atoms with Crippen LogP contribution in [0.3, 0.4) is 0 Å². The van der Waals surface area contributed by atoms with Gasteiger partial charge in [-0.2, -0.15) is 0 Å². The number of ether oxygens (including phenoxy) is 6. The summed E-state index contributed by atoms with van der Waals surface area (Å²) in [6.45, 7) is 1.68. The van der Waals surface area contributed by atoms with Crippen LogP contribution in [0, 0.1) is 0 Å². The maximum atomic E-state index is 13.4. The van der Waals surface area contributed by atoms with Gasteiger partial charge in [-0.1, -0.05) is 301 Å². The van der Waals surface area contributed by atoms with E-state index < -0.39 is 124 Å². The number of amides is 1. The molecule has 94 heavy (non-hydrogen) atoms. The highest BCUT2D eigenvalue weighted by Gasteiger charge is 2.53. The van der Waals surface area contributed by atoms with E-state index in [1.165, 1.54) is 238 Å². The lowest BCUT2D eigenvalue weighted by atomic mass is 9.96. The summed E-state index contributed by atoms with van der Waals surface area (Å²) in [6, 6.07) is -0.985. The topological polar surface area (TPSA) is 307 Å². The summed E-state index contributed by atoms with van der Waals surface area (Å²) in [5.41, 5.74) is 0. The fraction of sp³-hybridized carbons (Fsp3) is 0.933. The molecule has 0 aromatic carbocycles. The van der Waals surface area contributed by atoms with Crippen LogP contribution in [0.4, 0.5) is 0 Å². The maximum Gasteiger partial charge on any atom is 0.220 e. The van der Waals surface area contributed by atoms with Gasteiger partial charge in [0.15, 0.2) is 18.9 Å². The average molecular weight is 1340 g/mol. The minimum atomic E-state index is -1.98. The molecule has 0 spiro atoms. The first-order valence-corrected chi connectivity index (χ1v) is 38.6. The smallest absolute Gasteiger partial charge is 0.220 e. The Morgan fingerprint density at radius 1 is 0.372 bits per heavy atom. The highest BCUT2D eigenvalue weighted by Crippen LogP contribution is 2.33. The minimum absolute atomic E-state index is 0.240. The quantitative estimate of drug-likeness (QED) is 0.0199. The largest absolute Gasteiger partial charge is 0.394 e. The Bertz CT molecular complexity index is 1800. The molecule has 3 heterocycles. The zero-order valence-electron chi connectivity index (χ0n) is 59.0. The highest BCUT2D eigenvalue weighted by atomic mass is 16.8. The van der Waals surface area contributed by atoms with Gasteiger partial charge in [0.05, 0.1) is 38.6 Å². The van der Waals surface area contributed by atoms with E-state index >= 15 is 0 Å². The number of hydrogen-bond acceptors (Lipinski definition) is 18. The molecular formula is C75H141NO18. The predicted molar refractivity (Wildman–Crippen MR) is 370 cm³/mol. The van der Waals surface area contributed by atoms with E-state index in [4.69, 9.17) is 28.4 Å². The Balaban J connectivity index is 1.24. The molecule has 3 aliphatic heterocycles. The van der Waals surface area contributed by atoms with E-state index in [0.29, 0.717) is 12.8 Å². The number of aliphatic hydroxyl groups is 11. The van der Waals surface area contributed by atoms with Crippen molar-refractivity contribution in [1.82, 2.24) is 5.32 Å². The van der Waals surface area contributed by atoms with Gasteiger partial charge in [-0.25, -0.2) is 0 Å². The van der Waals surface area contributed by atoms with E-state index in [-0.39, 0.29) is 18.9 Å². The van der Waals surface area contributed by atoms with Crippen molar-refractivity contribution >= 4 is 5.91 Å². The number of nitrogens with one attached hydrogen (secondary N) is 1. The van der Waals surface area contributed by atoms with Crippen molar-refractivity contribution in [3.63, 3.8) is 0 Å². The zero-order valence-corrected chi connectivity index (χ0v) is 59.0. The molecule has 554 valence electrons. The number of carbonyl (C=O) groups excluding carboxylic acids is 1. The van der Waals surface area contributed by atoms with Gasteiger partial charge < -0.3 is 89.9 Å². The van der Waals surface area contributed by atoms with E-state index in [1.807, 2.05) is 6.08 Å². The van der Waals surface area contributed by atoms with Crippen molar-refractivity contribution in [2.45, 2.75) is 420 Å². The Hall–Kier alpha value is -1.73. The average Bonchev–Trinajstić information content (AvgIpc) is 0.789. The monoisotopic (exact) mass is 1340 g/mol. The molecule has 0 aromatic rings. The summed E-state index contributed by atoms with van der Waals surface area (Å²) < 4.78 is 34.2. The fourth-order valence-corrected chi connectivity index (χ4v) is 13.3. The summed E-state index contributed by atoms with van der Waals surface area (Å²) in [5, 5.41) is 120. The van der Waals surface area contributed by atoms with Crippen molar-refractivity contribution in [2.75, 3.05) is 26.4 Å². The highest BCUT2D eigenvalue weighted by molar-refractivity contribution is 5.76. The van der Waals surface area contributed by atoms with Crippen molar-refractivity contribution in [1.29, 1.82) is 0 Å². The molecule has 3 saturated heterocycles. The summed E-state index contributed by atoms with van der Waals surface area (Å²) in [7, 11) is 0. The van der Waals surface area contributed by atoms with Crippen molar-refractivity contribution in [2.24, 2.45) is 0 Å². The SMILES string of the molecule is CCCCC/C=C/CC/C=C/C(O)C(COC1OC(CO)C(OC2OC(CO)C(OC3OC(CO)C(O)C(O)C3O)C(O)C2O)C(O)C1O)NC(=O)CCCCCCCCCCCCCCCCCCCCCCCCCCCCCCCCCCCCCCCCCC. The molecule has 0 radical (unpaired) electrons. The van der Waals surface area contributed by atoms with E-state index in [1.54, 1.807) is 6.08 Å². The fourth-order valence-electron chi connectivity index (χ4n) is 13.3. The molecule has 0 bridgehead atoms. The predicted octanol–water partition coefficient (Wildman–Crippen LogP) is 11.8. The number of rotatable bonds is 61. The second-order valence-corrected chi connectivity index (χ2v) is 27.8. The van der Waals surface area contributed by atoms with Gasteiger partial charge in [0.1, 0.15) is 73.2 Å². The summed E-state index contributed by atoms with van der Waals surface area (Å²) in [6.07, 6.45) is 41.2. The standard InChI is InChI=1S/C75H141NO18/c1-3-5-7-9-11-13-14-15-16-17-18-19-20-21-22-23-24-25-26-27-28-29-30-31-32-33-34-35-36-37-38-39-40-41-42-43-45-47-49-51-53-63(81)76-58(59(80)52-50-48-46-44-12-10-8-6-4-2)57-89-73-69(87)66(84)71(61(55-78)91-73)94-75-70(88)67(85)72(62(56-79)92-75)93-74-68(86)65(83)64(82)60(54-77)90-74/h12,44,50,52,58-62,64-75,77-80,82-88H,3-11,13-43,45-49,51,53-57H2,1-2H3,(H,76,81)/b44-12+,52-50+. The summed E-state index contributed by atoms with van der Waals surface area (Å²) in [4.78, 5) is 13.4. The van der Waals surface area contributed by atoms with Crippen LogP contribution < -0.4 is 5.32 Å². The van der Waals surface area contributed by atoms with Crippen LogP contribution in [0.1, 0.15) is 316 Å². The summed E-state index contributed by atoms with van der Waals surface area (Å²) in [5.74, 6) is -0.283. The third-order valence-corrected chi connectivity index (χ3v) is 19.5. The Morgan fingerprint density at radius 3 is 1.06 bits per heavy atom. The normalized spacial score (nSPS) is 27.4. The molecule has 3 aliphatic rings. The van der Waals surface area contributed by atoms with E-state index in [9.17, 15) is 61.0 Å². The van der Waals surface area contributed by atoms with Gasteiger partial charge in [-0.3, -0.25) is 4.79 Å². The van der Waals surface area contributed by atoms with E-state index in [0.717, 1.165) is 44.9 Å². The van der Waals surface area contributed by atoms with Crippen LogP contribution in [0.15, 0.2) is 24.3 Å². The third kappa shape index (κ3) is 37.6. The number of unbranched alkanes of at least 4 members (excludes halogenated alkanes) is 43. The van der Waals surface area contributed by atoms with Crippen molar-refractivity contribution in [3.8, 4) is 0 Å². The number of hydrogen-bond donors (Lipinski definition) is 12. The second kappa shape index (κ2) is 57.0. The Labute approximate surface area is 568 Å². The van der Waals surface area contributed by atoms with Gasteiger partial charge in [0, 0.05) is 6.42 Å². The lowest BCUT2D eigenvalue weighted by molar-refractivity contribution is -0.379. The lowest BCUT2D eigenvalue weighted by Crippen LogP contribution is -2.66. The van der Waals surface area contributed by atoms with Gasteiger partial charge in [-0.05, 0) is 32.1 Å². The molecule has 0 saturated carbocycles. The third-order valence-electron chi connectivity index (χ3n) is 19.5. The van der Waals surface area contributed by atoms with Crippen LogP contribution >= 0.6 is 0 Å². The van der Waals surface area contributed by atoms with Crippen LogP contribution in [-0.4, -0.2) is 193 Å². The minimum Gasteiger partial charge on any atom is -0.394 e. The molecule has 3 fully saturated rings. The first-order chi connectivity index (χ1) is 45.8. The zero-order chi connectivity index (χ0) is 68.2. The lowest BCUT2D eigenvalue weighted by Gasteiger charge is -2.48. The maximum absolute atomic E-state index is 13.4. The first-order valence-electron chi connectivity index (χ1n) is 38.6. The van der Waals surface area contributed by atoms with Gasteiger partial charge in [-0.15, -0.1) is 0 Å². The van der Waals surface area contributed by atoms with Crippen LogP contribution in [0.25, 0.3) is 0 Å². The van der Waals surface area contributed by atoms with Crippen molar-refractivity contribution < 1.29 is 89.4 Å². The molecule has 19 heteroatoms. The van der Waals surface area contributed by atoms with Gasteiger partial charge >= 0.3 is 0 Å². The number of aliphatic hydroxyl groups excluding tert-OH is 11. The molecule has 0 aliphatic carbocycles.